The molecule has 0 atom stereocenters. The van der Waals surface area contributed by atoms with E-state index >= 15 is 0 Å². The number of rotatable bonds is 10. The number of aliphatic carboxylic acids is 1. The summed E-state index contributed by atoms with van der Waals surface area (Å²) in [6, 6.07) is 15.7. The maximum atomic E-state index is 13.6. The van der Waals surface area contributed by atoms with Crippen molar-refractivity contribution in [3.05, 3.63) is 83.7 Å². The van der Waals surface area contributed by atoms with Crippen LogP contribution >= 0.6 is 0 Å². The lowest BCUT2D eigenvalue weighted by atomic mass is 10.1. The first-order chi connectivity index (χ1) is 18.3. The fourth-order valence-corrected chi connectivity index (χ4v) is 4.81. The molecule has 1 amide bonds. The monoisotopic (exact) mass is 554 g/mol. The molecule has 1 N–H and O–H groups in total. The van der Waals surface area contributed by atoms with Gasteiger partial charge in [0.1, 0.15) is 18.0 Å². The van der Waals surface area contributed by atoms with Crippen molar-refractivity contribution in [2.75, 3.05) is 11.4 Å². The van der Waals surface area contributed by atoms with Crippen LogP contribution in [0.1, 0.15) is 49.3 Å². The van der Waals surface area contributed by atoms with Crippen molar-refractivity contribution >= 4 is 33.7 Å². The zero-order chi connectivity index (χ0) is 28.8. The molecule has 0 saturated carbocycles. The lowest BCUT2D eigenvalue weighted by Gasteiger charge is -2.26. The molecular weight excluding hydrogens is 524 g/mol. The van der Waals surface area contributed by atoms with Crippen molar-refractivity contribution in [3.8, 4) is 0 Å². The average Bonchev–Trinajstić information content (AvgIpc) is 2.86. The largest absolute Gasteiger partial charge is 0.480 e. The summed E-state index contributed by atoms with van der Waals surface area (Å²) in [5, 5.41) is 9.20. The number of benzene rings is 1. The van der Waals surface area contributed by atoms with Crippen LogP contribution in [0.15, 0.2) is 71.9 Å². The summed E-state index contributed by atoms with van der Waals surface area (Å²) in [6.07, 6.45) is 0.467. The molecule has 1 aromatic carbocycles. The molecule has 0 spiro atoms. The summed E-state index contributed by atoms with van der Waals surface area (Å²) in [7, 11) is -4.10. The number of carboxylic acid groups (broad SMARTS) is 1. The average molecular weight is 555 g/mol. The van der Waals surface area contributed by atoms with Gasteiger partial charge in [-0.3, -0.25) is 14.5 Å². The Kier molecular flexibility index (Phi) is 9.15. The highest BCUT2D eigenvalue weighted by Crippen LogP contribution is 2.22. The molecule has 0 radical (unpaired) electrons. The molecule has 0 aliphatic carbocycles. The van der Waals surface area contributed by atoms with E-state index < -0.39 is 34.2 Å². The van der Waals surface area contributed by atoms with E-state index in [1.54, 1.807) is 69.3 Å². The first-order valence-electron chi connectivity index (χ1n) is 12.0. The molecule has 39 heavy (non-hydrogen) atoms. The van der Waals surface area contributed by atoms with Gasteiger partial charge in [0.2, 0.25) is 0 Å². The predicted octanol–water partition coefficient (Wildman–Crippen LogP) is 3.90. The SMILES string of the molecule is CC(=O)c1ccc(CN(Cc2cccc(N(CC(=O)O)C(=O)OC(C)(C)C)n2)S(=O)(=O)c2ccccn2)cc1. The van der Waals surface area contributed by atoms with Gasteiger partial charge in [-0.2, -0.15) is 4.31 Å². The van der Waals surface area contributed by atoms with E-state index in [2.05, 4.69) is 9.97 Å². The van der Waals surface area contributed by atoms with E-state index in [-0.39, 0.29) is 35.4 Å². The minimum absolute atomic E-state index is 0.00912. The Labute approximate surface area is 227 Å². The Morgan fingerprint density at radius 3 is 2.21 bits per heavy atom. The summed E-state index contributed by atoms with van der Waals surface area (Å²) in [5.41, 5.74) is 0.493. The van der Waals surface area contributed by atoms with Crippen molar-refractivity contribution < 1.29 is 32.6 Å². The van der Waals surface area contributed by atoms with E-state index in [1.165, 1.54) is 29.6 Å². The van der Waals surface area contributed by atoms with Crippen LogP contribution in [0.5, 0.6) is 0 Å². The number of nitrogens with zero attached hydrogens (tertiary/aromatic N) is 4. The third-order valence-corrected chi connectivity index (χ3v) is 6.98. The van der Waals surface area contributed by atoms with Crippen LogP contribution in [0.25, 0.3) is 0 Å². The Balaban J connectivity index is 1.98. The van der Waals surface area contributed by atoms with E-state index in [0.717, 1.165) is 4.90 Å². The van der Waals surface area contributed by atoms with Gasteiger partial charge < -0.3 is 9.84 Å². The number of hydrogen-bond acceptors (Lipinski definition) is 8. The van der Waals surface area contributed by atoms with E-state index in [1.807, 2.05) is 0 Å². The minimum Gasteiger partial charge on any atom is -0.480 e. The zero-order valence-corrected chi connectivity index (χ0v) is 22.9. The fraction of sp³-hybridized carbons (Fsp3) is 0.296. The number of carbonyl (C=O) groups excluding carboxylic acids is 2. The van der Waals surface area contributed by atoms with Gasteiger partial charge in [-0.15, -0.1) is 0 Å². The van der Waals surface area contributed by atoms with E-state index in [0.29, 0.717) is 11.1 Å². The van der Waals surface area contributed by atoms with Crippen molar-refractivity contribution in [1.82, 2.24) is 14.3 Å². The number of anilines is 1. The Hall–Kier alpha value is -4.16. The molecular formula is C27H30N4O7S. The van der Waals surface area contributed by atoms with Crippen LogP contribution in [0.3, 0.4) is 0 Å². The molecule has 11 nitrogen and oxygen atoms in total. The Morgan fingerprint density at radius 2 is 1.64 bits per heavy atom. The van der Waals surface area contributed by atoms with Gasteiger partial charge in [0.05, 0.1) is 12.2 Å². The molecule has 0 aliphatic rings. The summed E-state index contributed by atoms with van der Waals surface area (Å²) < 4.78 is 33.6. The number of amides is 1. The van der Waals surface area contributed by atoms with Crippen LogP contribution in [0, 0.1) is 0 Å². The number of carbonyl (C=O) groups is 3. The van der Waals surface area contributed by atoms with Gasteiger partial charge in [-0.05, 0) is 57.5 Å². The normalized spacial score (nSPS) is 11.7. The molecule has 2 aromatic heterocycles. The summed E-state index contributed by atoms with van der Waals surface area (Å²) in [6.45, 7) is 5.41. The van der Waals surface area contributed by atoms with Crippen molar-refractivity contribution in [2.24, 2.45) is 0 Å². The molecule has 206 valence electrons. The highest BCUT2D eigenvalue weighted by atomic mass is 32.2. The number of ketones is 1. The summed E-state index contributed by atoms with van der Waals surface area (Å²) in [5.74, 6) is -1.40. The number of pyridine rings is 2. The number of sulfonamides is 1. The quantitative estimate of drug-likeness (QED) is 0.369. The number of carboxylic acids is 1. The van der Waals surface area contributed by atoms with Gasteiger partial charge in [0.25, 0.3) is 10.0 Å². The second kappa shape index (κ2) is 12.1. The Bertz CT molecular complexity index is 1440. The van der Waals surface area contributed by atoms with Crippen LogP contribution in [0.4, 0.5) is 10.6 Å². The van der Waals surface area contributed by atoms with Gasteiger partial charge >= 0.3 is 12.1 Å². The summed E-state index contributed by atoms with van der Waals surface area (Å²) in [4.78, 5) is 45.1. The molecule has 0 bridgehead atoms. The molecule has 3 aromatic rings. The maximum absolute atomic E-state index is 13.6. The summed E-state index contributed by atoms with van der Waals surface area (Å²) >= 11 is 0. The molecule has 0 aliphatic heterocycles. The van der Waals surface area contributed by atoms with Gasteiger partial charge in [-0.25, -0.2) is 23.2 Å². The second-order valence-electron chi connectivity index (χ2n) is 9.64. The van der Waals surface area contributed by atoms with Gasteiger partial charge in [-0.1, -0.05) is 36.4 Å². The standard InChI is InChI=1S/C27H30N4O7S/c1-19(32)21-13-11-20(12-14-21)16-30(39(36,37)24-10-5-6-15-28-24)17-22-8-7-9-23(29-22)31(18-25(33)34)26(35)38-27(2,3)4/h5-15H,16-18H2,1-4H3,(H,33,34). The van der Waals surface area contributed by atoms with Crippen LogP contribution in [-0.2, 0) is 32.6 Å². The first-order valence-corrected chi connectivity index (χ1v) is 13.4. The maximum Gasteiger partial charge on any atom is 0.416 e. The van der Waals surface area contributed by atoms with Gasteiger partial charge in [0.15, 0.2) is 10.8 Å². The molecule has 0 saturated heterocycles. The molecule has 0 unspecified atom stereocenters. The first kappa shape index (κ1) is 29.4. The van der Waals surface area contributed by atoms with Crippen molar-refractivity contribution in [2.45, 2.75) is 51.4 Å². The van der Waals surface area contributed by atoms with Crippen LogP contribution < -0.4 is 4.90 Å². The molecule has 12 heteroatoms. The molecule has 2 heterocycles. The minimum atomic E-state index is -4.10. The third-order valence-electron chi connectivity index (χ3n) is 5.28. The highest BCUT2D eigenvalue weighted by molar-refractivity contribution is 7.89. The van der Waals surface area contributed by atoms with Crippen molar-refractivity contribution in [3.63, 3.8) is 0 Å². The topological polar surface area (TPSA) is 147 Å². The lowest BCUT2D eigenvalue weighted by Crippen LogP contribution is -2.40. The number of Topliss-reactive ketones (excluding diaryl/α,β-unsaturated/α-hetero) is 1. The van der Waals surface area contributed by atoms with Crippen LogP contribution in [0.2, 0.25) is 0 Å². The van der Waals surface area contributed by atoms with E-state index in [4.69, 9.17) is 4.74 Å². The highest BCUT2D eigenvalue weighted by Gasteiger charge is 2.29. The number of hydrogen-bond donors (Lipinski definition) is 1. The second-order valence-corrected chi connectivity index (χ2v) is 11.5. The lowest BCUT2D eigenvalue weighted by molar-refractivity contribution is -0.135. The van der Waals surface area contributed by atoms with E-state index in [9.17, 15) is 27.9 Å². The Morgan fingerprint density at radius 1 is 0.949 bits per heavy atom. The molecule has 3 rings (SSSR count). The van der Waals surface area contributed by atoms with Crippen molar-refractivity contribution in [1.29, 1.82) is 0 Å². The fourth-order valence-electron chi connectivity index (χ4n) is 3.48. The smallest absolute Gasteiger partial charge is 0.416 e. The number of ether oxygens (including phenoxy) is 1. The predicted molar refractivity (Wildman–Crippen MR) is 143 cm³/mol. The van der Waals surface area contributed by atoms with Gasteiger partial charge in [0, 0.05) is 18.3 Å². The molecule has 0 fully saturated rings. The third kappa shape index (κ3) is 8.16. The zero-order valence-electron chi connectivity index (χ0n) is 22.1. The van der Waals surface area contributed by atoms with Crippen LogP contribution in [-0.4, -0.2) is 57.8 Å². The number of aromatic nitrogens is 2.